The van der Waals surface area contributed by atoms with E-state index in [1.807, 2.05) is 0 Å². The van der Waals surface area contributed by atoms with Crippen LogP contribution >= 0.6 is 0 Å². The minimum absolute atomic E-state index is 0.0135. The maximum Gasteiger partial charge on any atom is 0.221 e. The Morgan fingerprint density at radius 1 is 1.16 bits per heavy atom. The molecule has 4 nitrogen and oxygen atoms in total. The molecule has 0 spiro atoms. The Labute approximate surface area is 116 Å². The van der Waals surface area contributed by atoms with E-state index < -0.39 is 5.60 Å². The topological polar surface area (TPSA) is 75.3 Å². The summed E-state index contributed by atoms with van der Waals surface area (Å²) in [5.41, 5.74) is 5.39. The Hall–Kier alpha value is -0.610. The number of aliphatic hydroxyl groups is 1. The predicted octanol–water partition coefficient (Wildman–Crippen LogP) is 1.71. The monoisotopic (exact) mass is 268 g/mol. The third-order valence-corrected chi connectivity index (χ3v) is 5.01. The summed E-state index contributed by atoms with van der Waals surface area (Å²) >= 11 is 0. The van der Waals surface area contributed by atoms with Crippen LogP contribution < -0.4 is 11.1 Å². The van der Waals surface area contributed by atoms with Gasteiger partial charge in [0.05, 0.1) is 5.60 Å². The number of hydrogen-bond donors (Lipinski definition) is 3. The average Bonchev–Trinajstić information content (AvgIpc) is 2.29. The number of nitrogens with two attached hydrogens (primary N) is 1. The first-order valence-corrected chi connectivity index (χ1v) is 7.50. The molecule has 2 saturated carbocycles. The largest absolute Gasteiger partial charge is 0.388 e. The molecule has 0 unspecified atom stereocenters. The van der Waals surface area contributed by atoms with Gasteiger partial charge in [0.2, 0.25) is 5.91 Å². The Balaban J connectivity index is 1.74. The number of nitrogens with one attached hydrogen (secondary N) is 1. The first-order chi connectivity index (χ1) is 8.72. The minimum Gasteiger partial charge on any atom is -0.388 e. The van der Waals surface area contributed by atoms with Crippen molar-refractivity contribution in [1.82, 2.24) is 5.32 Å². The quantitative estimate of drug-likeness (QED) is 0.726. The highest BCUT2D eigenvalue weighted by Gasteiger charge is 2.38. The zero-order chi connectivity index (χ0) is 14.1. The minimum atomic E-state index is -0.716. The molecule has 0 aromatic heterocycles. The summed E-state index contributed by atoms with van der Waals surface area (Å²) in [6, 6.07) is 0. The average molecular weight is 268 g/mol. The Morgan fingerprint density at radius 2 is 1.74 bits per heavy atom. The summed E-state index contributed by atoms with van der Waals surface area (Å²) in [7, 11) is 0. The van der Waals surface area contributed by atoms with E-state index in [4.69, 9.17) is 5.73 Å². The number of carbonyl (C=O) groups excluding carboxylic acids is 1. The van der Waals surface area contributed by atoms with Gasteiger partial charge in [-0.25, -0.2) is 0 Å². The van der Waals surface area contributed by atoms with Crippen molar-refractivity contribution in [3.05, 3.63) is 0 Å². The van der Waals surface area contributed by atoms with Gasteiger partial charge in [-0.2, -0.15) is 0 Å². The summed E-state index contributed by atoms with van der Waals surface area (Å²) in [4.78, 5) is 11.9. The van der Waals surface area contributed by atoms with E-state index in [1.165, 1.54) is 0 Å². The lowest BCUT2D eigenvalue weighted by Crippen LogP contribution is -2.52. The molecule has 0 bridgehead atoms. The van der Waals surface area contributed by atoms with Crippen LogP contribution in [0.25, 0.3) is 0 Å². The standard InChI is InChI=1S/C15H28N2O2/c1-13(2)6-8-15(19,9-7-13)11-17-12(18)10-14(16)4-3-5-14/h19H,3-11,16H2,1-2H3,(H,17,18). The first-order valence-electron chi connectivity index (χ1n) is 7.50. The molecule has 4 heteroatoms. The molecule has 0 aromatic rings. The predicted molar refractivity (Wildman–Crippen MR) is 75.6 cm³/mol. The molecule has 2 rings (SSSR count). The van der Waals surface area contributed by atoms with Crippen molar-refractivity contribution in [2.24, 2.45) is 11.1 Å². The molecule has 0 saturated heterocycles. The summed E-state index contributed by atoms with van der Waals surface area (Å²) in [5.74, 6) is -0.0135. The number of rotatable bonds is 4. The molecule has 0 heterocycles. The lowest BCUT2D eigenvalue weighted by Gasteiger charge is -2.41. The van der Waals surface area contributed by atoms with E-state index in [2.05, 4.69) is 19.2 Å². The molecule has 0 radical (unpaired) electrons. The van der Waals surface area contributed by atoms with E-state index in [-0.39, 0.29) is 11.4 Å². The van der Waals surface area contributed by atoms with E-state index in [1.54, 1.807) is 0 Å². The van der Waals surface area contributed by atoms with Crippen molar-refractivity contribution in [3.8, 4) is 0 Å². The van der Waals surface area contributed by atoms with Crippen molar-refractivity contribution < 1.29 is 9.90 Å². The third kappa shape index (κ3) is 3.93. The second-order valence-electron chi connectivity index (χ2n) is 7.56. The highest BCUT2D eigenvalue weighted by atomic mass is 16.3. The second-order valence-corrected chi connectivity index (χ2v) is 7.56. The molecular weight excluding hydrogens is 240 g/mol. The molecule has 2 aliphatic carbocycles. The highest BCUT2D eigenvalue weighted by Crippen LogP contribution is 2.40. The normalized spacial score (nSPS) is 27.4. The zero-order valence-corrected chi connectivity index (χ0v) is 12.3. The van der Waals surface area contributed by atoms with Crippen molar-refractivity contribution in [2.75, 3.05) is 6.54 Å². The van der Waals surface area contributed by atoms with Crippen LogP contribution in [0.15, 0.2) is 0 Å². The molecule has 0 aliphatic heterocycles. The lowest BCUT2D eigenvalue weighted by molar-refractivity contribution is -0.125. The van der Waals surface area contributed by atoms with Crippen LogP contribution in [-0.2, 0) is 4.79 Å². The lowest BCUT2D eigenvalue weighted by atomic mass is 9.71. The van der Waals surface area contributed by atoms with Crippen LogP contribution in [0.1, 0.15) is 65.2 Å². The van der Waals surface area contributed by atoms with Crippen LogP contribution in [0.3, 0.4) is 0 Å². The molecule has 1 amide bonds. The van der Waals surface area contributed by atoms with Gasteiger partial charge in [-0.1, -0.05) is 13.8 Å². The fourth-order valence-corrected chi connectivity index (χ4v) is 3.02. The molecule has 19 heavy (non-hydrogen) atoms. The molecule has 110 valence electrons. The van der Waals surface area contributed by atoms with Gasteiger partial charge >= 0.3 is 0 Å². The maximum atomic E-state index is 11.9. The summed E-state index contributed by atoms with van der Waals surface area (Å²) in [6.07, 6.45) is 6.98. The second kappa shape index (κ2) is 5.06. The van der Waals surface area contributed by atoms with Gasteiger partial charge in [0, 0.05) is 18.5 Å². The zero-order valence-electron chi connectivity index (χ0n) is 12.3. The summed E-state index contributed by atoms with van der Waals surface area (Å²) in [5, 5.41) is 13.4. The van der Waals surface area contributed by atoms with Gasteiger partial charge in [0.15, 0.2) is 0 Å². The highest BCUT2D eigenvalue weighted by molar-refractivity contribution is 5.77. The van der Waals surface area contributed by atoms with Crippen LogP contribution in [0.2, 0.25) is 0 Å². The molecule has 0 aromatic carbocycles. The van der Waals surface area contributed by atoms with Crippen molar-refractivity contribution >= 4 is 5.91 Å². The maximum absolute atomic E-state index is 11.9. The van der Waals surface area contributed by atoms with Gasteiger partial charge in [0.1, 0.15) is 0 Å². The molecule has 0 atom stereocenters. The van der Waals surface area contributed by atoms with E-state index >= 15 is 0 Å². The van der Waals surface area contributed by atoms with E-state index in [9.17, 15) is 9.90 Å². The van der Waals surface area contributed by atoms with Gasteiger partial charge in [0.25, 0.3) is 0 Å². The van der Waals surface area contributed by atoms with Gasteiger partial charge in [-0.05, 0) is 50.4 Å². The fraction of sp³-hybridized carbons (Fsp3) is 0.933. The van der Waals surface area contributed by atoms with E-state index in [0.717, 1.165) is 44.9 Å². The van der Waals surface area contributed by atoms with Gasteiger partial charge in [-0.3, -0.25) is 4.79 Å². The third-order valence-electron chi connectivity index (χ3n) is 5.01. The SMILES string of the molecule is CC1(C)CCC(O)(CNC(=O)CC2(N)CCC2)CC1. The van der Waals surface area contributed by atoms with Crippen LogP contribution in [0, 0.1) is 5.41 Å². The molecule has 2 aliphatic rings. The Kier molecular flexibility index (Phi) is 3.94. The van der Waals surface area contributed by atoms with Gasteiger partial charge < -0.3 is 16.2 Å². The van der Waals surface area contributed by atoms with Crippen molar-refractivity contribution in [3.63, 3.8) is 0 Å². The number of hydrogen-bond acceptors (Lipinski definition) is 3. The van der Waals surface area contributed by atoms with Crippen molar-refractivity contribution in [1.29, 1.82) is 0 Å². The molecular formula is C15H28N2O2. The molecule has 4 N–H and O–H groups in total. The van der Waals surface area contributed by atoms with Gasteiger partial charge in [-0.15, -0.1) is 0 Å². The summed E-state index contributed by atoms with van der Waals surface area (Å²) in [6.45, 7) is 4.85. The van der Waals surface area contributed by atoms with Crippen molar-refractivity contribution in [2.45, 2.75) is 76.4 Å². The summed E-state index contributed by atoms with van der Waals surface area (Å²) < 4.78 is 0. The van der Waals surface area contributed by atoms with Crippen LogP contribution in [-0.4, -0.2) is 28.7 Å². The first kappa shape index (κ1) is 14.8. The van der Waals surface area contributed by atoms with Crippen LogP contribution in [0.5, 0.6) is 0 Å². The molecule has 2 fully saturated rings. The smallest absolute Gasteiger partial charge is 0.221 e. The fourth-order valence-electron chi connectivity index (χ4n) is 3.02. The Morgan fingerprint density at radius 3 is 2.21 bits per heavy atom. The van der Waals surface area contributed by atoms with Crippen LogP contribution in [0.4, 0.5) is 0 Å². The number of carbonyl (C=O) groups is 1. The Bertz CT molecular complexity index is 338. The van der Waals surface area contributed by atoms with E-state index in [0.29, 0.717) is 18.4 Å². The number of amides is 1.